The molecule has 0 atom stereocenters. The van der Waals surface area contributed by atoms with Crippen LogP contribution in [0.3, 0.4) is 0 Å². The van der Waals surface area contributed by atoms with Crippen LogP contribution in [0.4, 0.5) is 5.13 Å². The molecule has 0 radical (unpaired) electrons. The molecule has 1 heterocycles. The summed E-state index contributed by atoms with van der Waals surface area (Å²) in [5.74, 6) is 0.542. The molecule has 0 aliphatic heterocycles. The van der Waals surface area contributed by atoms with Gasteiger partial charge in [0.1, 0.15) is 4.88 Å². The smallest absolute Gasteiger partial charge is 0.350 e. The number of benzene rings is 1. The number of esters is 1. The quantitative estimate of drug-likeness (QED) is 0.670. The normalized spacial score (nSPS) is 10.5. The van der Waals surface area contributed by atoms with Gasteiger partial charge in [0.05, 0.1) is 29.7 Å². The fourth-order valence-electron chi connectivity index (χ4n) is 2.09. The molecule has 2 rings (SSSR count). The van der Waals surface area contributed by atoms with E-state index in [1.807, 2.05) is 32.0 Å². The summed E-state index contributed by atoms with van der Waals surface area (Å²) in [5.41, 5.74) is 2.14. The molecule has 1 amide bonds. The number of thiazole rings is 1. The highest BCUT2D eigenvalue weighted by Crippen LogP contribution is 2.24. The molecule has 8 heteroatoms. The summed E-state index contributed by atoms with van der Waals surface area (Å²) >= 11 is 2.56. The molecule has 0 aliphatic rings. The highest BCUT2D eigenvalue weighted by molar-refractivity contribution is 7.99. The van der Waals surface area contributed by atoms with Gasteiger partial charge >= 0.3 is 5.97 Å². The van der Waals surface area contributed by atoms with Crippen molar-refractivity contribution in [2.45, 2.75) is 26.5 Å². The van der Waals surface area contributed by atoms with Gasteiger partial charge in [-0.2, -0.15) is 5.26 Å². The van der Waals surface area contributed by atoms with E-state index in [0.29, 0.717) is 33.6 Å². The van der Waals surface area contributed by atoms with Gasteiger partial charge in [-0.3, -0.25) is 4.79 Å². The van der Waals surface area contributed by atoms with Crippen LogP contribution < -0.4 is 5.32 Å². The lowest BCUT2D eigenvalue weighted by Gasteiger charge is -2.05. The number of hydrogen-bond acceptors (Lipinski definition) is 7. The van der Waals surface area contributed by atoms with Gasteiger partial charge in [-0.25, -0.2) is 9.78 Å². The predicted octanol–water partition coefficient (Wildman–Crippen LogP) is 4.01. The maximum absolute atomic E-state index is 12.1. The van der Waals surface area contributed by atoms with Crippen LogP contribution in [0.2, 0.25) is 0 Å². The SMILES string of the molecule is Cc1nc(NC(=O)CSCc2cccc(C#N)c2)sc1C(=O)OCC(C)C. The maximum Gasteiger partial charge on any atom is 0.350 e. The summed E-state index contributed by atoms with van der Waals surface area (Å²) in [6.45, 7) is 6.00. The zero-order chi connectivity index (χ0) is 19.8. The maximum atomic E-state index is 12.1. The number of thioether (sulfide) groups is 1. The lowest BCUT2D eigenvalue weighted by molar-refractivity contribution is -0.113. The van der Waals surface area contributed by atoms with Crippen molar-refractivity contribution in [3.63, 3.8) is 0 Å². The Labute approximate surface area is 167 Å². The number of ether oxygens (including phenoxy) is 1. The third kappa shape index (κ3) is 6.70. The number of carbonyl (C=O) groups is 2. The Kier molecular flexibility index (Phi) is 7.82. The van der Waals surface area contributed by atoms with Crippen molar-refractivity contribution < 1.29 is 14.3 Å². The van der Waals surface area contributed by atoms with E-state index in [4.69, 9.17) is 10.00 Å². The first kappa shape index (κ1) is 20.9. The average Bonchev–Trinajstić information content (AvgIpc) is 3.00. The van der Waals surface area contributed by atoms with E-state index in [9.17, 15) is 9.59 Å². The van der Waals surface area contributed by atoms with Gasteiger partial charge in [-0.1, -0.05) is 37.3 Å². The molecule has 2 aromatic rings. The molecule has 1 N–H and O–H groups in total. The van der Waals surface area contributed by atoms with E-state index in [-0.39, 0.29) is 17.6 Å². The number of aryl methyl sites for hydroxylation is 1. The molecule has 0 fully saturated rings. The van der Waals surface area contributed by atoms with Crippen molar-refractivity contribution in [1.29, 1.82) is 5.26 Å². The molecule has 0 aliphatic carbocycles. The second kappa shape index (κ2) is 10.1. The third-order valence-corrected chi connectivity index (χ3v) is 5.39. The fourth-order valence-corrected chi connectivity index (χ4v) is 3.75. The zero-order valence-corrected chi connectivity index (χ0v) is 17.1. The number of aromatic nitrogens is 1. The van der Waals surface area contributed by atoms with E-state index < -0.39 is 5.97 Å². The van der Waals surface area contributed by atoms with Crippen LogP contribution in [-0.2, 0) is 15.3 Å². The molecule has 1 aromatic carbocycles. The van der Waals surface area contributed by atoms with E-state index in [0.717, 1.165) is 16.9 Å². The number of nitrogens with one attached hydrogen (secondary N) is 1. The van der Waals surface area contributed by atoms with Crippen LogP contribution in [0, 0.1) is 24.2 Å². The lowest BCUT2D eigenvalue weighted by atomic mass is 10.2. The molecule has 142 valence electrons. The first-order valence-corrected chi connectivity index (χ1v) is 10.4. The first-order chi connectivity index (χ1) is 12.9. The Bertz CT molecular complexity index is 856. The first-order valence-electron chi connectivity index (χ1n) is 8.40. The molecular weight excluding hydrogens is 382 g/mol. The molecular formula is C19H21N3O3S2. The molecule has 0 saturated carbocycles. The standard InChI is InChI=1S/C19H21N3O3S2/c1-12(2)9-25-18(24)17-13(3)21-19(27-17)22-16(23)11-26-10-15-6-4-5-14(7-15)8-20/h4-7,12H,9-11H2,1-3H3,(H,21,22,23). The highest BCUT2D eigenvalue weighted by Gasteiger charge is 2.18. The summed E-state index contributed by atoms with van der Waals surface area (Å²) in [7, 11) is 0. The Hall–Kier alpha value is -2.37. The Morgan fingerprint density at radius 3 is 2.89 bits per heavy atom. The lowest BCUT2D eigenvalue weighted by Crippen LogP contribution is -2.14. The van der Waals surface area contributed by atoms with Gasteiger partial charge in [0.25, 0.3) is 0 Å². The van der Waals surface area contributed by atoms with E-state index in [2.05, 4.69) is 16.4 Å². The minimum Gasteiger partial charge on any atom is -0.461 e. The van der Waals surface area contributed by atoms with Crippen LogP contribution in [0.15, 0.2) is 24.3 Å². The van der Waals surface area contributed by atoms with Crippen LogP contribution >= 0.6 is 23.1 Å². The number of carbonyl (C=O) groups excluding carboxylic acids is 2. The second-order valence-corrected chi connectivity index (χ2v) is 8.26. The highest BCUT2D eigenvalue weighted by atomic mass is 32.2. The molecule has 0 bridgehead atoms. The van der Waals surface area contributed by atoms with Crippen molar-refractivity contribution in [2.24, 2.45) is 5.92 Å². The van der Waals surface area contributed by atoms with Crippen molar-refractivity contribution in [3.05, 3.63) is 46.0 Å². The number of rotatable bonds is 8. The van der Waals surface area contributed by atoms with E-state index in [1.165, 1.54) is 11.8 Å². The Morgan fingerprint density at radius 2 is 2.19 bits per heavy atom. The van der Waals surface area contributed by atoms with Gasteiger partial charge < -0.3 is 10.1 Å². The summed E-state index contributed by atoms with van der Waals surface area (Å²) < 4.78 is 5.21. The molecule has 1 aromatic heterocycles. The van der Waals surface area contributed by atoms with Crippen molar-refractivity contribution >= 4 is 40.1 Å². The monoisotopic (exact) mass is 403 g/mol. The van der Waals surface area contributed by atoms with Gasteiger partial charge in [0, 0.05) is 5.75 Å². The summed E-state index contributed by atoms with van der Waals surface area (Å²) in [4.78, 5) is 28.8. The van der Waals surface area contributed by atoms with Crippen LogP contribution in [-0.4, -0.2) is 29.2 Å². The second-order valence-electron chi connectivity index (χ2n) is 6.28. The molecule has 0 spiro atoms. The van der Waals surface area contributed by atoms with Crippen molar-refractivity contribution in [3.8, 4) is 6.07 Å². The number of amides is 1. The number of nitrogens with zero attached hydrogens (tertiary/aromatic N) is 2. The Balaban J connectivity index is 1.84. The summed E-state index contributed by atoms with van der Waals surface area (Å²) in [5, 5.41) is 12.0. The van der Waals surface area contributed by atoms with Gasteiger partial charge in [0.15, 0.2) is 5.13 Å². The van der Waals surface area contributed by atoms with E-state index in [1.54, 1.807) is 13.0 Å². The van der Waals surface area contributed by atoms with Crippen molar-refractivity contribution in [1.82, 2.24) is 4.98 Å². The summed E-state index contributed by atoms with van der Waals surface area (Å²) in [6, 6.07) is 9.40. The molecule has 0 saturated heterocycles. The van der Waals surface area contributed by atoms with Crippen molar-refractivity contribution in [2.75, 3.05) is 17.7 Å². The molecule has 27 heavy (non-hydrogen) atoms. The topological polar surface area (TPSA) is 92.1 Å². The number of hydrogen-bond donors (Lipinski definition) is 1. The third-order valence-electron chi connectivity index (χ3n) is 3.33. The molecule has 0 unspecified atom stereocenters. The summed E-state index contributed by atoms with van der Waals surface area (Å²) in [6.07, 6.45) is 0. The average molecular weight is 404 g/mol. The predicted molar refractivity (Wildman–Crippen MR) is 108 cm³/mol. The number of anilines is 1. The zero-order valence-electron chi connectivity index (χ0n) is 15.4. The van der Waals surface area contributed by atoms with Crippen LogP contribution in [0.5, 0.6) is 0 Å². The fraction of sp³-hybridized carbons (Fsp3) is 0.368. The van der Waals surface area contributed by atoms with Gasteiger partial charge in [-0.15, -0.1) is 11.8 Å². The minimum absolute atomic E-state index is 0.188. The number of nitriles is 1. The van der Waals surface area contributed by atoms with Gasteiger partial charge in [-0.05, 0) is 30.5 Å². The largest absolute Gasteiger partial charge is 0.461 e. The van der Waals surface area contributed by atoms with Crippen LogP contribution in [0.25, 0.3) is 0 Å². The van der Waals surface area contributed by atoms with E-state index >= 15 is 0 Å². The minimum atomic E-state index is -0.411. The van der Waals surface area contributed by atoms with Crippen LogP contribution in [0.1, 0.15) is 40.3 Å². The molecule has 6 nitrogen and oxygen atoms in total. The van der Waals surface area contributed by atoms with Gasteiger partial charge in [0.2, 0.25) is 5.91 Å². The Morgan fingerprint density at radius 1 is 1.41 bits per heavy atom.